The van der Waals surface area contributed by atoms with Crippen LogP contribution >= 0.6 is 11.3 Å². The van der Waals surface area contributed by atoms with E-state index in [1.807, 2.05) is 17.4 Å². The Morgan fingerprint density at radius 1 is 0.447 bits per heavy atom. The highest BCUT2D eigenvalue weighted by Crippen LogP contribution is 2.45. The quantitative estimate of drug-likeness (QED) is 0.183. The van der Waals surface area contributed by atoms with E-state index in [4.69, 9.17) is 4.42 Å². The summed E-state index contributed by atoms with van der Waals surface area (Å²) in [4.78, 5) is 2.34. The van der Waals surface area contributed by atoms with Gasteiger partial charge in [-0.1, -0.05) is 115 Å². The molecular formula is C44H27NOS. The van der Waals surface area contributed by atoms with Crippen molar-refractivity contribution in [2.75, 3.05) is 4.90 Å². The smallest absolute Gasteiger partial charge is 0.159 e. The van der Waals surface area contributed by atoms with Gasteiger partial charge in [0.2, 0.25) is 0 Å². The number of hydrogen-bond acceptors (Lipinski definition) is 3. The van der Waals surface area contributed by atoms with Crippen LogP contribution in [0, 0.1) is 0 Å². The predicted octanol–water partition coefficient (Wildman–Crippen LogP) is 13.4. The van der Waals surface area contributed by atoms with Crippen LogP contribution in [0.25, 0.3) is 74.8 Å². The molecule has 2 aromatic heterocycles. The van der Waals surface area contributed by atoms with Crippen LogP contribution in [-0.2, 0) is 0 Å². The molecule has 10 aromatic rings. The van der Waals surface area contributed by atoms with Gasteiger partial charge in [-0.3, -0.25) is 0 Å². The van der Waals surface area contributed by atoms with E-state index < -0.39 is 0 Å². The maximum Gasteiger partial charge on any atom is 0.159 e. The van der Waals surface area contributed by atoms with Crippen LogP contribution in [0.2, 0.25) is 0 Å². The predicted molar refractivity (Wildman–Crippen MR) is 202 cm³/mol. The van der Waals surface area contributed by atoms with E-state index in [9.17, 15) is 0 Å². The third-order valence-corrected chi connectivity index (χ3v) is 10.6. The second-order valence-electron chi connectivity index (χ2n) is 12.1. The van der Waals surface area contributed by atoms with E-state index >= 15 is 0 Å². The Bertz CT molecular complexity index is 2810. The molecule has 0 bridgehead atoms. The van der Waals surface area contributed by atoms with Crippen LogP contribution in [0.4, 0.5) is 17.1 Å². The molecule has 0 unspecified atom stereocenters. The van der Waals surface area contributed by atoms with Crippen LogP contribution in [0.3, 0.4) is 0 Å². The Balaban J connectivity index is 1.19. The van der Waals surface area contributed by atoms with Crippen LogP contribution in [-0.4, -0.2) is 0 Å². The number of nitrogens with zero attached hydrogens (tertiary/aromatic N) is 1. The fraction of sp³-hybridized carbons (Fsp3) is 0. The van der Waals surface area contributed by atoms with Crippen molar-refractivity contribution in [3.63, 3.8) is 0 Å². The van der Waals surface area contributed by atoms with Gasteiger partial charge in [-0.05, 0) is 81.2 Å². The van der Waals surface area contributed by atoms with Gasteiger partial charge in [0.1, 0.15) is 5.58 Å². The van der Waals surface area contributed by atoms with E-state index in [-0.39, 0.29) is 0 Å². The van der Waals surface area contributed by atoms with Crippen LogP contribution in [0.1, 0.15) is 0 Å². The molecule has 2 heterocycles. The van der Waals surface area contributed by atoms with Gasteiger partial charge in [-0.2, -0.15) is 0 Å². The molecule has 0 N–H and O–H groups in total. The van der Waals surface area contributed by atoms with Crippen molar-refractivity contribution >= 4 is 92.1 Å². The summed E-state index contributed by atoms with van der Waals surface area (Å²) >= 11 is 1.86. The van der Waals surface area contributed by atoms with Crippen molar-refractivity contribution in [2.24, 2.45) is 0 Å². The van der Waals surface area contributed by atoms with Crippen LogP contribution in [0.15, 0.2) is 168 Å². The third-order valence-electron chi connectivity index (χ3n) is 9.45. The molecule has 2 nitrogen and oxygen atoms in total. The summed E-state index contributed by atoms with van der Waals surface area (Å²) in [5, 5.41) is 9.82. The maximum atomic E-state index is 6.60. The zero-order chi connectivity index (χ0) is 30.9. The van der Waals surface area contributed by atoms with Gasteiger partial charge < -0.3 is 9.32 Å². The first-order valence-corrected chi connectivity index (χ1v) is 16.7. The number of furan rings is 1. The van der Waals surface area contributed by atoms with E-state index in [0.29, 0.717) is 0 Å². The second kappa shape index (κ2) is 10.3. The number of benzene rings is 8. The number of fused-ring (bicyclic) bond motifs is 9. The Labute approximate surface area is 275 Å². The van der Waals surface area contributed by atoms with Gasteiger partial charge in [-0.15, -0.1) is 11.3 Å². The summed E-state index contributed by atoms with van der Waals surface area (Å²) in [6.07, 6.45) is 0. The summed E-state index contributed by atoms with van der Waals surface area (Å²) in [6.45, 7) is 0. The molecule has 47 heavy (non-hydrogen) atoms. The highest BCUT2D eigenvalue weighted by atomic mass is 32.1. The monoisotopic (exact) mass is 617 g/mol. The lowest BCUT2D eigenvalue weighted by atomic mass is 9.98. The molecule has 0 fully saturated rings. The standard InChI is InChI=1S/C44H27NOS/c1-2-10-33-28(9-1)19-20-30-23-26-32(27-38(30)33)45(39-15-7-14-36-35-11-3-5-16-40(35)46-44(36)39)31-24-21-29(22-25-31)34-13-8-18-42-43(34)37-12-4-6-17-41(37)47-42/h1-27H. The molecule has 0 aliphatic rings. The SMILES string of the molecule is c1ccc2c(c1)ccc1ccc(N(c3ccc(-c4cccc5sc6ccccc6c45)cc3)c3cccc4c3oc3ccccc34)cc12. The molecule has 0 aliphatic carbocycles. The average Bonchev–Trinajstić information content (AvgIpc) is 3.71. The molecule has 220 valence electrons. The van der Waals surface area contributed by atoms with E-state index in [2.05, 4.69) is 163 Å². The number of para-hydroxylation sites is 2. The Morgan fingerprint density at radius 3 is 2.00 bits per heavy atom. The summed E-state index contributed by atoms with van der Waals surface area (Å²) in [5.74, 6) is 0. The topological polar surface area (TPSA) is 16.4 Å². The minimum Gasteiger partial charge on any atom is -0.454 e. The van der Waals surface area contributed by atoms with Gasteiger partial charge in [-0.25, -0.2) is 0 Å². The Hall–Kier alpha value is -5.90. The average molecular weight is 618 g/mol. The molecule has 10 rings (SSSR count). The van der Waals surface area contributed by atoms with Crippen molar-refractivity contribution < 1.29 is 4.42 Å². The summed E-state index contributed by atoms with van der Waals surface area (Å²) < 4.78 is 9.23. The highest BCUT2D eigenvalue weighted by Gasteiger charge is 2.20. The number of thiophene rings is 1. The normalized spacial score (nSPS) is 11.8. The Kier molecular flexibility index (Phi) is 5.78. The van der Waals surface area contributed by atoms with Gasteiger partial charge in [0, 0.05) is 42.3 Å². The zero-order valence-electron chi connectivity index (χ0n) is 25.4. The van der Waals surface area contributed by atoms with Crippen molar-refractivity contribution in [1.29, 1.82) is 0 Å². The number of hydrogen-bond donors (Lipinski definition) is 0. The maximum absolute atomic E-state index is 6.60. The molecule has 0 aliphatic heterocycles. The number of anilines is 3. The lowest BCUT2D eigenvalue weighted by molar-refractivity contribution is 0.669. The zero-order valence-corrected chi connectivity index (χ0v) is 26.2. The summed E-state index contributed by atoms with van der Waals surface area (Å²) in [5.41, 5.74) is 7.40. The van der Waals surface area contributed by atoms with Crippen molar-refractivity contribution in [3.8, 4) is 11.1 Å². The molecular weight excluding hydrogens is 591 g/mol. The van der Waals surface area contributed by atoms with E-state index in [1.165, 1.54) is 52.8 Å². The molecule has 0 spiro atoms. The minimum absolute atomic E-state index is 0.880. The molecule has 0 radical (unpaired) electrons. The van der Waals surface area contributed by atoms with Crippen molar-refractivity contribution in [2.45, 2.75) is 0 Å². The van der Waals surface area contributed by atoms with Gasteiger partial charge in [0.25, 0.3) is 0 Å². The van der Waals surface area contributed by atoms with Crippen molar-refractivity contribution in [1.82, 2.24) is 0 Å². The van der Waals surface area contributed by atoms with Gasteiger partial charge >= 0.3 is 0 Å². The first-order valence-electron chi connectivity index (χ1n) is 15.9. The first-order chi connectivity index (χ1) is 23.3. The van der Waals surface area contributed by atoms with E-state index in [0.717, 1.165) is 39.0 Å². The van der Waals surface area contributed by atoms with Crippen LogP contribution in [0.5, 0.6) is 0 Å². The molecule has 0 amide bonds. The largest absolute Gasteiger partial charge is 0.454 e. The highest BCUT2D eigenvalue weighted by molar-refractivity contribution is 7.25. The lowest BCUT2D eigenvalue weighted by Gasteiger charge is -2.26. The summed E-state index contributed by atoms with van der Waals surface area (Å²) in [6, 6.07) is 59.0. The lowest BCUT2D eigenvalue weighted by Crippen LogP contribution is -2.10. The molecule has 8 aromatic carbocycles. The third kappa shape index (κ3) is 4.10. The van der Waals surface area contributed by atoms with Gasteiger partial charge in [0.05, 0.1) is 5.69 Å². The van der Waals surface area contributed by atoms with Crippen molar-refractivity contribution in [3.05, 3.63) is 164 Å². The van der Waals surface area contributed by atoms with Crippen LogP contribution < -0.4 is 4.90 Å². The number of rotatable bonds is 4. The summed E-state index contributed by atoms with van der Waals surface area (Å²) in [7, 11) is 0. The van der Waals surface area contributed by atoms with E-state index in [1.54, 1.807) is 0 Å². The second-order valence-corrected chi connectivity index (χ2v) is 13.2. The fourth-order valence-electron chi connectivity index (χ4n) is 7.27. The first kappa shape index (κ1) is 26.3. The molecule has 0 saturated heterocycles. The fourth-order valence-corrected chi connectivity index (χ4v) is 8.40. The minimum atomic E-state index is 0.880. The Morgan fingerprint density at radius 2 is 1.11 bits per heavy atom. The molecule has 0 saturated carbocycles. The molecule has 3 heteroatoms. The molecule has 0 atom stereocenters. The van der Waals surface area contributed by atoms with Gasteiger partial charge in [0.15, 0.2) is 5.58 Å².